The summed E-state index contributed by atoms with van der Waals surface area (Å²) in [6, 6.07) is 22.2. The lowest BCUT2D eigenvalue weighted by molar-refractivity contribution is -0.384. The van der Waals surface area contributed by atoms with Gasteiger partial charge in [-0.15, -0.1) is 20.4 Å². The van der Waals surface area contributed by atoms with Crippen LogP contribution in [0.3, 0.4) is 0 Å². The summed E-state index contributed by atoms with van der Waals surface area (Å²) in [5.74, 6) is 1.85. The number of benzene rings is 3. The van der Waals surface area contributed by atoms with Gasteiger partial charge in [-0.1, -0.05) is 48.2 Å². The zero-order valence-corrected chi connectivity index (χ0v) is 19.8. The van der Waals surface area contributed by atoms with Crippen LogP contribution in [-0.4, -0.2) is 29.9 Å². The molecule has 0 saturated heterocycles. The Labute approximate surface area is 205 Å². The largest absolute Gasteiger partial charge is 0.420 e. The van der Waals surface area contributed by atoms with Crippen molar-refractivity contribution in [2.75, 3.05) is 0 Å². The summed E-state index contributed by atoms with van der Waals surface area (Å²) in [6.07, 6.45) is 0. The summed E-state index contributed by atoms with van der Waals surface area (Å²) < 4.78 is 7.82. The van der Waals surface area contributed by atoms with Gasteiger partial charge in [0.15, 0.2) is 11.0 Å². The van der Waals surface area contributed by atoms with Gasteiger partial charge in [-0.25, -0.2) is 0 Å². The van der Waals surface area contributed by atoms with Crippen LogP contribution in [0.4, 0.5) is 5.69 Å². The lowest BCUT2D eigenvalue weighted by Gasteiger charge is -2.12. The molecule has 0 bridgehead atoms. The molecule has 0 radical (unpaired) electrons. The Morgan fingerprint density at radius 1 is 0.886 bits per heavy atom. The Morgan fingerprint density at radius 2 is 1.66 bits per heavy atom. The molecule has 0 aliphatic carbocycles. The van der Waals surface area contributed by atoms with E-state index < -0.39 is 4.92 Å². The predicted octanol–water partition coefficient (Wildman–Crippen LogP) is 5.80. The standard InChI is InChI=1S/C25H20N6O3S/c1-16-8-11-21(14-17(16)2)30-23(18-6-4-3-5-7-18)27-29-25(30)35-15-22-26-28-24(34-22)19-9-12-20(13-10-19)31(32)33/h3-14H,15H2,1-2H3. The summed E-state index contributed by atoms with van der Waals surface area (Å²) in [5, 5.41) is 28.7. The molecule has 0 atom stereocenters. The first-order valence-corrected chi connectivity index (χ1v) is 11.8. The van der Waals surface area contributed by atoms with Crippen molar-refractivity contribution in [1.82, 2.24) is 25.0 Å². The maximum atomic E-state index is 10.9. The molecule has 0 amide bonds. The Bertz CT molecular complexity index is 1500. The van der Waals surface area contributed by atoms with Gasteiger partial charge >= 0.3 is 0 Å². The fourth-order valence-electron chi connectivity index (χ4n) is 3.52. The highest BCUT2D eigenvalue weighted by Gasteiger charge is 2.18. The molecule has 5 aromatic rings. The summed E-state index contributed by atoms with van der Waals surface area (Å²) in [7, 11) is 0. The number of nitrogens with zero attached hydrogens (tertiary/aromatic N) is 6. The topological polar surface area (TPSA) is 113 Å². The van der Waals surface area contributed by atoms with Crippen molar-refractivity contribution in [3.8, 4) is 28.5 Å². The monoisotopic (exact) mass is 484 g/mol. The highest BCUT2D eigenvalue weighted by Crippen LogP contribution is 2.31. The van der Waals surface area contributed by atoms with Crippen molar-refractivity contribution in [3.63, 3.8) is 0 Å². The molecule has 0 N–H and O–H groups in total. The summed E-state index contributed by atoms with van der Waals surface area (Å²) in [5.41, 5.74) is 4.94. The Kier molecular flexibility index (Phi) is 6.11. The number of aromatic nitrogens is 5. The third-order valence-corrected chi connectivity index (χ3v) is 6.44. The third-order valence-electron chi connectivity index (χ3n) is 5.53. The molecule has 35 heavy (non-hydrogen) atoms. The van der Waals surface area contributed by atoms with E-state index in [0.717, 1.165) is 17.1 Å². The molecule has 3 aromatic carbocycles. The normalized spacial score (nSPS) is 11.0. The minimum absolute atomic E-state index is 0.00365. The van der Waals surface area contributed by atoms with Crippen molar-refractivity contribution in [2.45, 2.75) is 24.8 Å². The van der Waals surface area contributed by atoms with Gasteiger partial charge in [-0.05, 0) is 49.2 Å². The van der Waals surface area contributed by atoms with E-state index >= 15 is 0 Å². The van der Waals surface area contributed by atoms with Gasteiger partial charge in [-0.3, -0.25) is 14.7 Å². The summed E-state index contributed by atoms with van der Waals surface area (Å²) >= 11 is 1.44. The molecule has 5 rings (SSSR count). The van der Waals surface area contributed by atoms with E-state index in [1.165, 1.54) is 35.0 Å². The molecular weight excluding hydrogens is 464 g/mol. The number of aryl methyl sites for hydroxylation is 2. The number of hydrogen-bond acceptors (Lipinski definition) is 8. The molecule has 9 nitrogen and oxygen atoms in total. The third kappa shape index (κ3) is 4.69. The first-order valence-electron chi connectivity index (χ1n) is 10.8. The Hall–Kier alpha value is -4.31. The average Bonchev–Trinajstić information content (AvgIpc) is 3.52. The summed E-state index contributed by atoms with van der Waals surface area (Å²) in [6.45, 7) is 4.16. The molecule has 0 aliphatic heterocycles. The van der Waals surface area contributed by atoms with Crippen LogP contribution >= 0.6 is 11.8 Å². The van der Waals surface area contributed by atoms with Crippen molar-refractivity contribution in [1.29, 1.82) is 0 Å². The van der Waals surface area contributed by atoms with Crippen molar-refractivity contribution >= 4 is 17.4 Å². The molecule has 2 aromatic heterocycles. The fraction of sp³-hybridized carbons (Fsp3) is 0.120. The first-order chi connectivity index (χ1) is 17.0. The molecule has 0 spiro atoms. The maximum Gasteiger partial charge on any atom is 0.269 e. The van der Waals surface area contributed by atoms with Crippen molar-refractivity contribution in [3.05, 3.63) is 99.9 Å². The zero-order valence-electron chi connectivity index (χ0n) is 19.0. The van der Waals surface area contributed by atoms with Crippen LogP contribution in [0.15, 0.2) is 82.4 Å². The second-order valence-electron chi connectivity index (χ2n) is 7.87. The van der Waals surface area contributed by atoms with Crippen LogP contribution in [0.1, 0.15) is 17.0 Å². The lowest BCUT2D eigenvalue weighted by atomic mass is 10.1. The van der Waals surface area contributed by atoms with E-state index in [2.05, 4.69) is 52.4 Å². The van der Waals surface area contributed by atoms with E-state index in [4.69, 9.17) is 4.42 Å². The number of non-ortho nitro benzene ring substituents is 1. The Balaban J connectivity index is 1.42. The Morgan fingerprint density at radius 3 is 2.37 bits per heavy atom. The second kappa shape index (κ2) is 9.51. The van der Waals surface area contributed by atoms with E-state index in [0.29, 0.717) is 28.3 Å². The maximum absolute atomic E-state index is 10.9. The number of rotatable bonds is 7. The van der Waals surface area contributed by atoms with Crippen LogP contribution in [-0.2, 0) is 5.75 Å². The van der Waals surface area contributed by atoms with Gasteiger partial charge in [0, 0.05) is 23.3 Å². The van der Waals surface area contributed by atoms with Gasteiger partial charge in [-0.2, -0.15) is 0 Å². The molecule has 0 saturated carbocycles. The summed E-state index contributed by atoms with van der Waals surface area (Å²) in [4.78, 5) is 10.4. The smallest absolute Gasteiger partial charge is 0.269 e. The molecule has 2 heterocycles. The number of nitro benzene ring substituents is 1. The molecular formula is C25H20N6O3S. The molecule has 174 valence electrons. The van der Waals surface area contributed by atoms with Crippen LogP contribution in [0.2, 0.25) is 0 Å². The quantitative estimate of drug-likeness (QED) is 0.162. The van der Waals surface area contributed by atoms with Crippen LogP contribution in [0.25, 0.3) is 28.5 Å². The van der Waals surface area contributed by atoms with Gasteiger partial charge in [0.25, 0.3) is 5.69 Å². The highest BCUT2D eigenvalue weighted by atomic mass is 32.2. The number of hydrogen-bond donors (Lipinski definition) is 0. The van der Waals surface area contributed by atoms with Gasteiger partial charge in [0.1, 0.15) is 0 Å². The first kappa shape index (κ1) is 22.5. The average molecular weight is 485 g/mol. The zero-order chi connectivity index (χ0) is 24.4. The molecule has 0 aliphatic rings. The lowest BCUT2D eigenvalue weighted by Crippen LogP contribution is -2.01. The molecule has 0 fully saturated rings. The minimum atomic E-state index is -0.449. The predicted molar refractivity (Wildman–Crippen MR) is 132 cm³/mol. The number of nitro groups is 1. The van der Waals surface area contributed by atoms with E-state index in [1.807, 2.05) is 34.9 Å². The van der Waals surface area contributed by atoms with Crippen LogP contribution < -0.4 is 0 Å². The van der Waals surface area contributed by atoms with E-state index in [1.54, 1.807) is 12.1 Å². The van der Waals surface area contributed by atoms with Crippen LogP contribution in [0.5, 0.6) is 0 Å². The SMILES string of the molecule is Cc1ccc(-n2c(SCc3nnc(-c4ccc([N+](=O)[O-])cc4)o3)nnc2-c2ccccc2)cc1C. The van der Waals surface area contributed by atoms with Crippen LogP contribution in [0, 0.1) is 24.0 Å². The number of thioether (sulfide) groups is 1. The molecule has 0 unspecified atom stereocenters. The van der Waals surface area contributed by atoms with Gasteiger partial charge in [0.05, 0.1) is 16.4 Å². The van der Waals surface area contributed by atoms with Gasteiger partial charge < -0.3 is 4.42 Å². The highest BCUT2D eigenvalue weighted by molar-refractivity contribution is 7.98. The minimum Gasteiger partial charge on any atom is -0.420 e. The van der Waals surface area contributed by atoms with Crippen molar-refractivity contribution in [2.24, 2.45) is 0 Å². The second-order valence-corrected chi connectivity index (χ2v) is 8.81. The van der Waals surface area contributed by atoms with E-state index in [-0.39, 0.29) is 5.69 Å². The molecule has 10 heteroatoms. The fourth-order valence-corrected chi connectivity index (χ4v) is 4.30. The van der Waals surface area contributed by atoms with Crippen molar-refractivity contribution < 1.29 is 9.34 Å². The van der Waals surface area contributed by atoms with E-state index in [9.17, 15) is 10.1 Å². The van der Waals surface area contributed by atoms with Gasteiger partial charge in [0.2, 0.25) is 11.8 Å².